The zero-order chi connectivity index (χ0) is 16.0. The molecule has 0 spiro atoms. The molecule has 1 aliphatic rings. The smallest absolute Gasteiger partial charge is 0.269 e. The van der Waals surface area contributed by atoms with Gasteiger partial charge >= 0.3 is 0 Å². The maximum atomic E-state index is 12.0. The van der Waals surface area contributed by atoms with Crippen molar-refractivity contribution in [1.82, 2.24) is 5.32 Å². The van der Waals surface area contributed by atoms with E-state index in [0.29, 0.717) is 12.8 Å². The van der Waals surface area contributed by atoms with E-state index in [4.69, 9.17) is 0 Å². The predicted octanol–water partition coefficient (Wildman–Crippen LogP) is 3.03. The largest absolute Gasteiger partial charge is 0.337 e. The molecule has 0 radical (unpaired) electrons. The highest BCUT2D eigenvalue weighted by atomic mass is 32.2. The Bertz CT molecular complexity index is 589. The summed E-state index contributed by atoms with van der Waals surface area (Å²) in [5.41, 5.74) is -0.690. The van der Waals surface area contributed by atoms with E-state index in [2.05, 4.69) is 11.4 Å². The second kappa shape index (κ2) is 7.27. The Labute approximate surface area is 133 Å². The fraction of sp³-hybridized carbons (Fsp3) is 0.467. The van der Waals surface area contributed by atoms with Gasteiger partial charge < -0.3 is 5.32 Å². The Morgan fingerprint density at radius 2 is 1.95 bits per heavy atom. The molecule has 1 aliphatic carbocycles. The summed E-state index contributed by atoms with van der Waals surface area (Å²) in [6, 6.07) is 8.32. The second-order valence-corrected chi connectivity index (χ2v) is 6.39. The van der Waals surface area contributed by atoms with Gasteiger partial charge in [-0.1, -0.05) is 19.3 Å². The fourth-order valence-electron chi connectivity index (χ4n) is 2.54. The van der Waals surface area contributed by atoms with Crippen LogP contribution in [-0.4, -0.2) is 22.1 Å². The molecule has 22 heavy (non-hydrogen) atoms. The molecule has 1 fully saturated rings. The van der Waals surface area contributed by atoms with Gasteiger partial charge in [0.15, 0.2) is 0 Å². The third-order valence-electron chi connectivity index (χ3n) is 3.72. The van der Waals surface area contributed by atoms with E-state index in [9.17, 15) is 20.2 Å². The maximum Gasteiger partial charge on any atom is 0.269 e. The van der Waals surface area contributed by atoms with Gasteiger partial charge in [0.25, 0.3) is 5.69 Å². The number of carbonyl (C=O) groups excluding carboxylic acids is 1. The SMILES string of the molecule is N#CC1(NC(=O)CSc2ccc([N+](=O)[O-])cc2)CCCCC1. The summed E-state index contributed by atoms with van der Waals surface area (Å²) in [5, 5.41) is 22.7. The first-order valence-electron chi connectivity index (χ1n) is 7.14. The van der Waals surface area contributed by atoms with Gasteiger partial charge in [-0.3, -0.25) is 14.9 Å². The molecule has 0 heterocycles. The number of benzene rings is 1. The Hall–Kier alpha value is -2.07. The summed E-state index contributed by atoms with van der Waals surface area (Å²) in [4.78, 5) is 22.9. The first-order valence-corrected chi connectivity index (χ1v) is 8.13. The Balaban J connectivity index is 1.87. The molecule has 2 rings (SSSR count). The first-order chi connectivity index (χ1) is 10.5. The number of hydrogen-bond acceptors (Lipinski definition) is 5. The molecule has 0 atom stereocenters. The van der Waals surface area contributed by atoms with Gasteiger partial charge in [0, 0.05) is 17.0 Å². The van der Waals surface area contributed by atoms with Crippen LogP contribution in [-0.2, 0) is 4.79 Å². The van der Waals surface area contributed by atoms with Crippen LogP contribution >= 0.6 is 11.8 Å². The Morgan fingerprint density at radius 1 is 1.32 bits per heavy atom. The molecular weight excluding hydrogens is 302 g/mol. The lowest BCUT2D eigenvalue weighted by atomic mass is 9.83. The maximum absolute atomic E-state index is 12.0. The van der Waals surface area contributed by atoms with Crippen molar-refractivity contribution in [3.63, 3.8) is 0 Å². The van der Waals surface area contributed by atoms with E-state index in [1.807, 2.05) is 0 Å². The highest BCUT2D eigenvalue weighted by Gasteiger charge is 2.33. The van der Waals surface area contributed by atoms with Crippen molar-refractivity contribution in [2.45, 2.75) is 42.5 Å². The molecule has 1 aromatic carbocycles. The summed E-state index contributed by atoms with van der Waals surface area (Å²) in [5.74, 6) is 0.0214. The molecular formula is C15H17N3O3S. The third kappa shape index (κ3) is 4.21. The standard InChI is InChI=1S/C15H17N3O3S/c16-11-15(8-2-1-3-9-15)17-14(19)10-22-13-6-4-12(5-7-13)18(20)21/h4-7H,1-3,8-10H2,(H,17,19). The molecule has 0 saturated heterocycles. The quantitative estimate of drug-likeness (QED) is 0.511. The molecule has 7 heteroatoms. The monoisotopic (exact) mass is 319 g/mol. The lowest BCUT2D eigenvalue weighted by Gasteiger charge is -2.31. The molecule has 0 aromatic heterocycles. The summed E-state index contributed by atoms with van der Waals surface area (Å²) < 4.78 is 0. The number of nitrogens with zero attached hydrogens (tertiary/aromatic N) is 2. The first kappa shape index (κ1) is 16.3. The number of nitro groups is 1. The average Bonchev–Trinajstić information content (AvgIpc) is 2.54. The molecule has 1 aromatic rings. The zero-order valence-corrected chi connectivity index (χ0v) is 12.9. The van der Waals surface area contributed by atoms with E-state index in [1.54, 1.807) is 12.1 Å². The van der Waals surface area contributed by atoms with Gasteiger partial charge in [-0.2, -0.15) is 5.26 Å². The van der Waals surface area contributed by atoms with Gasteiger partial charge in [-0.25, -0.2) is 0 Å². The highest BCUT2D eigenvalue weighted by molar-refractivity contribution is 8.00. The van der Waals surface area contributed by atoms with E-state index in [1.165, 1.54) is 23.9 Å². The van der Waals surface area contributed by atoms with Crippen molar-refractivity contribution >= 4 is 23.4 Å². The van der Waals surface area contributed by atoms with E-state index < -0.39 is 10.5 Å². The van der Waals surface area contributed by atoms with Crippen LogP contribution in [0.5, 0.6) is 0 Å². The number of amides is 1. The van der Waals surface area contributed by atoms with E-state index in [-0.39, 0.29) is 17.3 Å². The number of thioether (sulfide) groups is 1. The number of hydrogen-bond donors (Lipinski definition) is 1. The number of carbonyl (C=O) groups is 1. The van der Waals surface area contributed by atoms with Crippen molar-refractivity contribution in [2.24, 2.45) is 0 Å². The Morgan fingerprint density at radius 3 is 2.50 bits per heavy atom. The van der Waals surface area contributed by atoms with Crippen LogP contribution in [0, 0.1) is 21.4 Å². The molecule has 0 unspecified atom stereocenters. The summed E-state index contributed by atoms with van der Waals surface area (Å²) in [6.45, 7) is 0. The van der Waals surface area contributed by atoms with Gasteiger partial charge in [0.2, 0.25) is 5.91 Å². The number of rotatable bonds is 5. The number of nitriles is 1. The number of nitro benzene ring substituents is 1. The van der Waals surface area contributed by atoms with Gasteiger partial charge in [-0.15, -0.1) is 11.8 Å². The van der Waals surface area contributed by atoms with Crippen LogP contribution in [0.3, 0.4) is 0 Å². The summed E-state index contributed by atoms with van der Waals surface area (Å²) in [7, 11) is 0. The lowest BCUT2D eigenvalue weighted by Crippen LogP contribution is -2.49. The fourth-order valence-corrected chi connectivity index (χ4v) is 3.23. The van der Waals surface area contributed by atoms with Crippen LogP contribution in [0.4, 0.5) is 5.69 Å². The van der Waals surface area contributed by atoms with Crippen LogP contribution in [0.15, 0.2) is 29.2 Å². The van der Waals surface area contributed by atoms with Crippen molar-refractivity contribution in [1.29, 1.82) is 5.26 Å². The topological polar surface area (TPSA) is 96.0 Å². The van der Waals surface area contributed by atoms with E-state index >= 15 is 0 Å². The average molecular weight is 319 g/mol. The lowest BCUT2D eigenvalue weighted by molar-refractivity contribution is -0.384. The minimum absolute atomic E-state index is 0.0273. The van der Waals surface area contributed by atoms with Crippen LogP contribution < -0.4 is 5.32 Å². The van der Waals surface area contributed by atoms with Crippen molar-refractivity contribution in [3.8, 4) is 6.07 Å². The molecule has 1 amide bonds. The summed E-state index contributed by atoms with van der Waals surface area (Å²) in [6.07, 6.45) is 4.44. The van der Waals surface area contributed by atoms with Crippen molar-refractivity contribution in [2.75, 3.05) is 5.75 Å². The molecule has 6 nitrogen and oxygen atoms in total. The molecule has 0 bridgehead atoms. The molecule has 1 saturated carbocycles. The minimum atomic E-state index is -0.717. The third-order valence-corrected chi connectivity index (χ3v) is 4.73. The minimum Gasteiger partial charge on any atom is -0.337 e. The molecule has 1 N–H and O–H groups in total. The predicted molar refractivity (Wildman–Crippen MR) is 83.4 cm³/mol. The second-order valence-electron chi connectivity index (χ2n) is 5.34. The van der Waals surface area contributed by atoms with Crippen molar-refractivity contribution in [3.05, 3.63) is 34.4 Å². The van der Waals surface area contributed by atoms with E-state index in [0.717, 1.165) is 24.2 Å². The van der Waals surface area contributed by atoms with Gasteiger partial charge in [0.05, 0.1) is 16.7 Å². The molecule has 116 valence electrons. The van der Waals surface area contributed by atoms with Crippen LogP contribution in [0.25, 0.3) is 0 Å². The van der Waals surface area contributed by atoms with Crippen molar-refractivity contribution < 1.29 is 9.72 Å². The number of nitrogens with one attached hydrogen (secondary N) is 1. The van der Waals surface area contributed by atoms with Crippen LogP contribution in [0.1, 0.15) is 32.1 Å². The normalized spacial score (nSPS) is 16.5. The molecule has 0 aliphatic heterocycles. The Kier molecular flexibility index (Phi) is 5.39. The van der Waals surface area contributed by atoms with Crippen LogP contribution in [0.2, 0.25) is 0 Å². The zero-order valence-electron chi connectivity index (χ0n) is 12.1. The highest BCUT2D eigenvalue weighted by Crippen LogP contribution is 2.28. The summed E-state index contributed by atoms with van der Waals surface area (Å²) >= 11 is 1.30. The van der Waals surface area contributed by atoms with Gasteiger partial charge in [0.1, 0.15) is 5.54 Å². The number of non-ortho nitro benzene ring substituents is 1. The van der Waals surface area contributed by atoms with Gasteiger partial charge in [-0.05, 0) is 25.0 Å².